The maximum atomic E-state index is 12.5. The number of nitrogens with one attached hydrogen (secondary N) is 1. The molecule has 0 unspecified atom stereocenters. The predicted molar refractivity (Wildman–Crippen MR) is 106 cm³/mol. The van der Waals surface area contributed by atoms with Crippen LogP contribution in [0, 0.1) is 0 Å². The van der Waals surface area contributed by atoms with Crippen LogP contribution < -0.4 is 10.1 Å². The number of methoxy groups -OCH3 is 1. The Labute approximate surface area is 162 Å². The van der Waals surface area contributed by atoms with Crippen molar-refractivity contribution in [3.63, 3.8) is 0 Å². The van der Waals surface area contributed by atoms with Gasteiger partial charge in [0.1, 0.15) is 5.75 Å². The van der Waals surface area contributed by atoms with Crippen LogP contribution in [0.4, 0.5) is 11.5 Å². The summed E-state index contributed by atoms with van der Waals surface area (Å²) in [5, 5.41) is 11.7. The van der Waals surface area contributed by atoms with Gasteiger partial charge in [0.25, 0.3) is 5.91 Å². The molecule has 1 amide bonds. The SMILES string of the molecule is COc1ccc(Nc2ccc(C(=O)N(C)Cc3ccccc3)nn2)cc1Cl. The molecular formula is C20H19ClN4O2. The topological polar surface area (TPSA) is 67.3 Å². The Hall–Kier alpha value is -3.12. The zero-order valence-electron chi connectivity index (χ0n) is 15.0. The molecule has 0 atom stereocenters. The van der Waals surface area contributed by atoms with Crippen LogP contribution in [0.1, 0.15) is 16.1 Å². The highest BCUT2D eigenvalue weighted by Gasteiger charge is 2.14. The van der Waals surface area contributed by atoms with Crippen molar-refractivity contribution in [2.45, 2.75) is 6.54 Å². The monoisotopic (exact) mass is 382 g/mol. The lowest BCUT2D eigenvalue weighted by atomic mass is 10.2. The standard InChI is InChI=1S/C20H19ClN4O2/c1-25(13-14-6-4-3-5-7-14)20(26)17-9-11-19(24-23-17)22-15-8-10-18(27-2)16(21)12-15/h3-12H,13H2,1-2H3,(H,22,24). The number of amides is 1. The van der Waals surface area contributed by atoms with Crippen LogP contribution in [-0.2, 0) is 6.54 Å². The van der Waals surface area contributed by atoms with Gasteiger partial charge in [-0.05, 0) is 35.9 Å². The number of aromatic nitrogens is 2. The average molecular weight is 383 g/mol. The van der Waals surface area contributed by atoms with Crippen molar-refractivity contribution in [3.05, 3.63) is 76.9 Å². The highest BCUT2D eigenvalue weighted by molar-refractivity contribution is 6.32. The summed E-state index contributed by atoms with van der Waals surface area (Å²) >= 11 is 6.11. The van der Waals surface area contributed by atoms with E-state index in [1.165, 1.54) is 0 Å². The van der Waals surface area contributed by atoms with E-state index in [9.17, 15) is 4.79 Å². The Morgan fingerprint density at radius 2 is 1.89 bits per heavy atom. The molecule has 138 valence electrons. The number of nitrogens with zero attached hydrogens (tertiary/aromatic N) is 3. The fourth-order valence-corrected chi connectivity index (χ4v) is 2.79. The third kappa shape index (κ3) is 4.74. The minimum atomic E-state index is -0.189. The molecule has 1 heterocycles. The average Bonchev–Trinajstić information content (AvgIpc) is 2.69. The number of ether oxygens (including phenoxy) is 1. The number of benzene rings is 2. The van der Waals surface area contributed by atoms with Gasteiger partial charge in [-0.1, -0.05) is 41.9 Å². The highest BCUT2D eigenvalue weighted by Crippen LogP contribution is 2.28. The summed E-state index contributed by atoms with van der Waals surface area (Å²) in [6.45, 7) is 0.506. The van der Waals surface area contributed by atoms with Crippen molar-refractivity contribution in [1.82, 2.24) is 15.1 Å². The second kappa shape index (κ2) is 8.51. The molecule has 3 aromatic rings. The van der Waals surface area contributed by atoms with Crippen molar-refractivity contribution in [2.24, 2.45) is 0 Å². The lowest BCUT2D eigenvalue weighted by Crippen LogP contribution is -2.27. The van der Waals surface area contributed by atoms with E-state index in [1.54, 1.807) is 43.3 Å². The summed E-state index contributed by atoms with van der Waals surface area (Å²) in [7, 11) is 3.30. The predicted octanol–water partition coefficient (Wildman–Crippen LogP) is 4.15. The second-order valence-corrected chi connectivity index (χ2v) is 6.33. The molecule has 3 rings (SSSR count). The molecule has 1 aromatic heterocycles. The summed E-state index contributed by atoms with van der Waals surface area (Å²) in [6.07, 6.45) is 0. The van der Waals surface area contributed by atoms with Crippen molar-refractivity contribution in [2.75, 3.05) is 19.5 Å². The number of halogens is 1. The lowest BCUT2D eigenvalue weighted by Gasteiger charge is -2.16. The molecule has 0 fully saturated rings. The first-order valence-electron chi connectivity index (χ1n) is 8.30. The largest absolute Gasteiger partial charge is 0.495 e. The minimum absolute atomic E-state index is 0.189. The van der Waals surface area contributed by atoms with Crippen LogP contribution in [0.15, 0.2) is 60.7 Å². The first-order valence-corrected chi connectivity index (χ1v) is 8.68. The van der Waals surface area contributed by atoms with Crippen molar-refractivity contribution >= 4 is 29.0 Å². The molecule has 0 aliphatic heterocycles. The third-order valence-electron chi connectivity index (χ3n) is 3.92. The number of anilines is 2. The van der Waals surface area contributed by atoms with E-state index in [1.807, 2.05) is 36.4 Å². The van der Waals surface area contributed by atoms with E-state index in [2.05, 4.69) is 15.5 Å². The molecule has 0 spiro atoms. The number of carbonyl (C=O) groups is 1. The molecule has 6 nitrogen and oxygen atoms in total. The maximum absolute atomic E-state index is 12.5. The van der Waals surface area contributed by atoms with Crippen LogP contribution in [0.5, 0.6) is 5.75 Å². The number of rotatable bonds is 6. The van der Waals surface area contributed by atoms with E-state index in [-0.39, 0.29) is 11.6 Å². The molecule has 0 aliphatic rings. The van der Waals surface area contributed by atoms with Crippen LogP contribution >= 0.6 is 11.6 Å². The molecule has 7 heteroatoms. The van der Waals surface area contributed by atoms with Crippen LogP contribution in [0.25, 0.3) is 0 Å². The van der Waals surface area contributed by atoms with Crippen molar-refractivity contribution in [3.8, 4) is 5.75 Å². The van der Waals surface area contributed by atoms with E-state index in [0.29, 0.717) is 23.1 Å². The molecule has 0 saturated heterocycles. The molecule has 0 radical (unpaired) electrons. The quantitative estimate of drug-likeness (QED) is 0.693. The van der Waals surface area contributed by atoms with Gasteiger partial charge in [-0.2, -0.15) is 0 Å². The van der Waals surface area contributed by atoms with Gasteiger partial charge in [-0.25, -0.2) is 0 Å². The second-order valence-electron chi connectivity index (χ2n) is 5.92. The number of carbonyl (C=O) groups excluding carboxylic acids is 1. The van der Waals surface area contributed by atoms with Gasteiger partial charge in [0.15, 0.2) is 11.5 Å². The molecule has 0 saturated carbocycles. The summed E-state index contributed by atoms with van der Waals surface area (Å²) in [5.41, 5.74) is 2.08. The highest BCUT2D eigenvalue weighted by atomic mass is 35.5. The molecule has 0 bridgehead atoms. The normalized spacial score (nSPS) is 10.3. The Morgan fingerprint density at radius 1 is 1.11 bits per heavy atom. The van der Waals surface area contributed by atoms with E-state index in [0.717, 1.165) is 11.3 Å². The molecule has 27 heavy (non-hydrogen) atoms. The van der Waals surface area contributed by atoms with E-state index in [4.69, 9.17) is 16.3 Å². The Morgan fingerprint density at radius 3 is 2.52 bits per heavy atom. The molecule has 0 aliphatic carbocycles. The van der Waals surface area contributed by atoms with E-state index >= 15 is 0 Å². The summed E-state index contributed by atoms with van der Waals surface area (Å²) < 4.78 is 5.13. The Kier molecular flexibility index (Phi) is 5.88. The smallest absolute Gasteiger partial charge is 0.274 e. The van der Waals surface area contributed by atoms with Crippen LogP contribution in [0.3, 0.4) is 0 Å². The van der Waals surface area contributed by atoms with Crippen LogP contribution in [0.2, 0.25) is 5.02 Å². The molecule has 2 aromatic carbocycles. The molecular weight excluding hydrogens is 364 g/mol. The first-order chi connectivity index (χ1) is 13.1. The molecule has 1 N–H and O–H groups in total. The van der Waals surface area contributed by atoms with Gasteiger partial charge < -0.3 is 15.0 Å². The zero-order chi connectivity index (χ0) is 19.2. The summed E-state index contributed by atoms with van der Waals surface area (Å²) in [4.78, 5) is 14.1. The maximum Gasteiger partial charge on any atom is 0.274 e. The third-order valence-corrected chi connectivity index (χ3v) is 4.21. The van der Waals surface area contributed by atoms with Gasteiger partial charge >= 0.3 is 0 Å². The fraction of sp³-hybridized carbons (Fsp3) is 0.150. The minimum Gasteiger partial charge on any atom is -0.495 e. The Bertz CT molecular complexity index is 917. The Balaban J connectivity index is 1.65. The van der Waals surface area contributed by atoms with Gasteiger partial charge in [0.05, 0.1) is 12.1 Å². The summed E-state index contributed by atoms with van der Waals surface area (Å²) in [6, 6.07) is 18.4. The van der Waals surface area contributed by atoms with Crippen molar-refractivity contribution < 1.29 is 9.53 Å². The lowest BCUT2D eigenvalue weighted by molar-refractivity contribution is 0.0778. The van der Waals surface area contributed by atoms with Crippen molar-refractivity contribution in [1.29, 1.82) is 0 Å². The van der Waals surface area contributed by atoms with Crippen LogP contribution in [-0.4, -0.2) is 35.2 Å². The zero-order valence-corrected chi connectivity index (χ0v) is 15.8. The first kappa shape index (κ1) is 18.7. The van der Waals surface area contributed by atoms with Gasteiger partial charge in [-0.15, -0.1) is 10.2 Å². The number of hydrogen-bond donors (Lipinski definition) is 1. The van der Waals surface area contributed by atoms with Gasteiger partial charge in [0.2, 0.25) is 0 Å². The van der Waals surface area contributed by atoms with Gasteiger partial charge in [0, 0.05) is 19.3 Å². The number of hydrogen-bond acceptors (Lipinski definition) is 5. The van der Waals surface area contributed by atoms with Gasteiger partial charge in [-0.3, -0.25) is 4.79 Å². The summed E-state index contributed by atoms with van der Waals surface area (Å²) in [5.74, 6) is 0.916. The van der Waals surface area contributed by atoms with E-state index < -0.39 is 0 Å². The fourth-order valence-electron chi connectivity index (χ4n) is 2.53.